The molecule has 38 heavy (non-hydrogen) atoms. The van der Waals surface area contributed by atoms with Crippen molar-refractivity contribution in [3.05, 3.63) is 59.7 Å². The van der Waals surface area contributed by atoms with E-state index in [0.717, 1.165) is 29.9 Å². The minimum Gasteiger partial charge on any atom is -0.497 e. The highest BCUT2D eigenvalue weighted by molar-refractivity contribution is 6.03. The van der Waals surface area contributed by atoms with Gasteiger partial charge in [0.2, 0.25) is 0 Å². The Hall–Kier alpha value is -3.63. The fourth-order valence-electron chi connectivity index (χ4n) is 4.74. The van der Waals surface area contributed by atoms with Crippen LogP contribution in [-0.2, 0) is 9.53 Å². The van der Waals surface area contributed by atoms with Gasteiger partial charge in [-0.25, -0.2) is 9.80 Å². The Morgan fingerprint density at radius 1 is 1.11 bits per heavy atom. The molecule has 1 saturated heterocycles. The van der Waals surface area contributed by atoms with Crippen LogP contribution in [0, 0.1) is 0 Å². The number of amides is 3. The molecule has 204 valence electrons. The lowest BCUT2D eigenvalue weighted by molar-refractivity contribution is -0.133. The molecule has 2 heterocycles. The Balaban J connectivity index is 1.59. The van der Waals surface area contributed by atoms with Gasteiger partial charge in [-0.15, -0.1) is 0 Å². The number of morpholine rings is 1. The van der Waals surface area contributed by atoms with E-state index in [-0.39, 0.29) is 24.5 Å². The number of rotatable bonds is 10. The van der Waals surface area contributed by atoms with Gasteiger partial charge >= 0.3 is 6.03 Å². The number of hydrazone groups is 1. The topological polar surface area (TPSA) is 95.9 Å². The van der Waals surface area contributed by atoms with Gasteiger partial charge in [0.05, 0.1) is 39.2 Å². The van der Waals surface area contributed by atoms with Crippen molar-refractivity contribution < 1.29 is 23.8 Å². The summed E-state index contributed by atoms with van der Waals surface area (Å²) in [6, 6.07) is 14.7. The van der Waals surface area contributed by atoms with Crippen molar-refractivity contribution in [1.29, 1.82) is 0 Å². The lowest BCUT2D eigenvalue weighted by atomic mass is 9.97. The second-order valence-corrected chi connectivity index (χ2v) is 9.19. The second-order valence-electron chi connectivity index (χ2n) is 9.19. The van der Waals surface area contributed by atoms with Gasteiger partial charge in [0.25, 0.3) is 5.91 Å². The number of urea groups is 1. The third-order valence-electron chi connectivity index (χ3n) is 6.80. The van der Waals surface area contributed by atoms with Crippen molar-refractivity contribution in [3.63, 3.8) is 0 Å². The maximum absolute atomic E-state index is 13.8. The van der Waals surface area contributed by atoms with Crippen LogP contribution in [0.3, 0.4) is 0 Å². The summed E-state index contributed by atoms with van der Waals surface area (Å²) in [5.41, 5.74) is 2.52. The van der Waals surface area contributed by atoms with Crippen LogP contribution in [0.25, 0.3) is 0 Å². The van der Waals surface area contributed by atoms with E-state index in [1.807, 2.05) is 55.5 Å². The van der Waals surface area contributed by atoms with Gasteiger partial charge < -0.3 is 24.4 Å². The monoisotopic (exact) mass is 523 g/mol. The van der Waals surface area contributed by atoms with Crippen LogP contribution in [0.4, 0.5) is 4.79 Å². The Morgan fingerprint density at radius 2 is 1.89 bits per heavy atom. The number of carbonyl (C=O) groups is 2. The fourth-order valence-corrected chi connectivity index (χ4v) is 4.74. The van der Waals surface area contributed by atoms with Gasteiger partial charge in [0.1, 0.15) is 18.0 Å². The molecular formula is C28H37N5O5. The molecule has 2 aliphatic rings. The van der Waals surface area contributed by atoms with Gasteiger partial charge in [-0.05, 0) is 25.1 Å². The summed E-state index contributed by atoms with van der Waals surface area (Å²) in [4.78, 5) is 30.5. The molecule has 0 bridgehead atoms. The fraction of sp³-hybridized carbons (Fsp3) is 0.464. The molecule has 2 aromatic carbocycles. The van der Waals surface area contributed by atoms with Gasteiger partial charge in [0, 0.05) is 50.3 Å². The summed E-state index contributed by atoms with van der Waals surface area (Å²) in [5, 5.41) is 9.13. The van der Waals surface area contributed by atoms with Crippen LogP contribution in [0.1, 0.15) is 30.5 Å². The number of carbonyl (C=O) groups excluding carboxylic acids is 2. The van der Waals surface area contributed by atoms with Gasteiger partial charge in [0.15, 0.2) is 0 Å². The third kappa shape index (κ3) is 6.62. The zero-order valence-electron chi connectivity index (χ0n) is 22.4. The van der Waals surface area contributed by atoms with Crippen LogP contribution >= 0.6 is 0 Å². The highest BCUT2D eigenvalue weighted by Crippen LogP contribution is 2.37. The number of ether oxygens (including phenoxy) is 3. The molecule has 0 spiro atoms. The van der Waals surface area contributed by atoms with Gasteiger partial charge in [-0.2, -0.15) is 5.10 Å². The number of nitrogens with one attached hydrogen (secondary N) is 1. The molecule has 1 atom stereocenters. The molecule has 0 saturated carbocycles. The highest BCUT2D eigenvalue weighted by Gasteiger charge is 2.36. The molecule has 4 rings (SSSR count). The van der Waals surface area contributed by atoms with E-state index in [1.165, 1.54) is 5.01 Å². The minimum absolute atomic E-state index is 0.0866. The lowest BCUT2D eigenvalue weighted by Gasteiger charge is -2.31. The van der Waals surface area contributed by atoms with Crippen molar-refractivity contribution in [2.45, 2.75) is 19.4 Å². The van der Waals surface area contributed by atoms with E-state index >= 15 is 0 Å². The van der Waals surface area contributed by atoms with Crippen LogP contribution in [-0.4, -0.2) is 99.2 Å². The molecule has 2 aliphatic heterocycles. The van der Waals surface area contributed by atoms with Crippen LogP contribution in [0.2, 0.25) is 0 Å². The predicted molar refractivity (Wildman–Crippen MR) is 145 cm³/mol. The highest BCUT2D eigenvalue weighted by atomic mass is 16.5. The van der Waals surface area contributed by atoms with E-state index in [9.17, 15) is 9.59 Å². The maximum Gasteiger partial charge on any atom is 0.317 e. The Kier molecular flexibility index (Phi) is 9.56. The average Bonchev–Trinajstić information content (AvgIpc) is 3.41. The van der Waals surface area contributed by atoms with E-state index in [2.05, 4.69) is 10.2 Å². The van der Waals surface area contributed by atoms with E-state index in [0.29, 0.717) is 50.8 Å². The quantitative estimate of drug-likeness (QED) is 0.515. The van der Waals surface area contributed by atoms with Gasteiger partial charge in [-0.3, -0.25) is 9.69 Å². The SMILES string of the molecule is CCNC(=O)N(CCN1CCOCC1)CC(=O)N1N=C(c2cccc(OC)c2)C[C@H]1c1ccccc1OC. The van der Waals surface area contributed by atoms with Crippen LogP contribution in [0.5, 0.6) is 11.5 Å². The summed E-state index contributed by atoms with van der Waals surface area (Å²) in [5.74, 6) is 1.15. The summed E-state index contributed by atoms with van der Waals surface area (Å²) >= 11 is 0. The third-order valence-corrected chi connectivity index (χ3v) is 6.80. The predicted octanol–water partition coefficient (Wildman–Crippen LogP) is 2.75. The first-order valence-electron chi connectivity index (χ1n) is 13.0. The van der Waals surface area contributed by atoms with Crippen LogP contribution < -0.4 is 14.8 Å². The molecule has 0 aliphatic carbocycles. The largest absolute Gasteiger partial charge is 0.497 e. The van der Waals surface area contributed by atoms with Crippen molar-refractivity contribution in [2.24, 2.45) is 5.10 Å². The maximum atomic E-state index is 13.8. The molecule has 10 nitrogen and oxygen atoms in total. The van der Waals surface area contributed by atoms with E-state index in [4.69, 9.17) is 19.3 Å². The van der Waals surface area contributed by atoms with Crippen molar-refractivity contribution in [1.82, 2.24) is 20.1 Å². The summed E-state index contributed by atoms with van der Waals surface area (Å²) in [6.07, 6.45) is 0.508. The molecule has 10 heteroatoms. The first-order chi connectivity index (χ1) is 18.5. The first kappa shape index (κ1) is 27.4. The van der Waals surface area contributed by atoms with E-state index in [1.54, 1.807) is 19.1 Å². The van der Waals surface area contributed by atoms with Crippen LogP contribution in [0.15, 0.2) is 53.6 Å². The minimum atomic E-state index is -0.366. The van der Waals surface area contributed by atoms with Crippen molar-refractivity contribution in [3.8, 4) is 11.5 Å². The number of methoxy groups -OCH3 is 2. The summed E-state index contributed by atoms with van der Waals surface area (Å²) < 4.78 is 16.4. The van der Waals surface area contributed by atoms with E-state index < -0.39 is 0 Å². The molecule has 1 fully saturated rings. The molecule has 2 aromatic rings. The average molecular weight is 524 g/mol. The summed E-state index contributed by atoms with van der Waals surface area (Å²) in [7, 11) is 3.24. The number of para-hydroxylation sites is 1. The Bertz CT molecular complexity index is 1130. The molecule has 3 amide bonds. The summed E-state index contributed by atoms with van der Waals surface area (Å²) in [6.45, 7) is 6.33. The number of benzene rings is 2. The zero-order chi connectivity index (χ0) is 26.9. The Labute approximate surface area is 224 Å². The van der Waals surface area contributed by atoms with Gasteiger partial charge in [-0.1, -0.05) is 30.3 Å². The standard InChI is InChI=1S/C28H37N5O5/c1-4-29-28(35)32(13-12-31-14-16-38-17-15-31)20-27(34)33-25(23-10-5-6-11-26(23)37-3)19-24(30-33)21-8-7-9-22(18-21)36-2/h5-11,18,25H,4,12-17,19-20H2,1-3H3,(H,29,35)/t25-/m0/s1. The number of nitrogens with zero attached hydrogens (tertiary/aromatic N) is 4. The second kappa shape index (κ2) is 13.3. The normalized spacial score (nSPS) is 17.6. The zero-order valence-corrected chi connectivity index (χ0v) is 22.4. The molecule has 0 aromatic heterocycles. The van der Waals surface area contributed by atoms with Crippen molar-refractivity contribution in [2.75, 3.05) is 66.7 Å². The van der Waals surface area contributed by atoms with Crippen molar-refractivity contribution >= 4 is 17.6 Å². The molecule has 0 radical (unpaired) electrons. The lowest BCUT2D eigenvalue weighted by Crippen LogP contribution is -2.49. The smallest absolute Gasteiger partial charge is 0.317 e. The molecular weight excluding hydrogens is 486 g/mol. The Morgan fingerprint density at radius 3 is 2.63 bits per heavy atom. The number of hydrogen-bond acceptors (Lipinski definition) is 7. The molecule has 0 unspecified atom stereocenters. The first-order valence-corrected chi connectivity index (χ1v) is 13.0. The molecule has 1 N–H and O–H groups in total. The number of hydrogen-bond donors (Lipinski definition) is 1.